The second-order valence-electron chi connectivity index (χ2n) is 13.5. The zero-order chi connectivity index (χ0) is 34.6. The molecular formula is C45H64O4. The summed E-state index contributed by atoms with van der Waals surface area (Å²) in [6.07, 6.45) is 34.0. The molecule has 1 aromatic heterocycles. The average Bonchev–Trinajstić information content (AvgIpc) is 3.12. The van der Waals surface area contributed by atoms with Gasteiger partial charge in [-0.25, -0.2) is 0 Å². The largest absolute Gasteiger partial charge is 0.494 e. The smallest absolute Gasteiger partial charge is 0.186 e. The molecule has 0 radical (unpaired) electrons. The summed E-state index contributed by atoms with van der Waals surface area (Å²) in [6.45, 7) is 6.06. The van der Waals surface area contributed by atoms with Crippen molar-refractivity contribution in [3.63, 3.8) is 0 Å². The van der Waals surface area contributed by atoms with E-state index >= 15 is 0 Å². The van der Waals surface area contributed by atoms with Crippen molar-refractivity contribution in [1.82, 2.24) is 0 Å². The van der Waals surface area contributed by atoms with Crippen LogP contribution in [-0.2, 0) is 0 Å². The normalized spacial score (nSPS) is 11.6. The first-order chi connectivity index (χ1) is 24.2. The van der Waals surface area contributed by atoms with Crippen LogP contribution in [0.3, 0.4) is 0 Å². The monoisotopic (exact) mass is 668 g/mol. The molecule has 0 atom stereocenters. The van der Waals surface area contributed by atoms with Gasteiger partial charge in [-0.15, -0.1) is 0 Å². The van der Waals surface area contributed by atoms with E-state index in [1.54, 1.807) is 0 Å². The molecule has 0 fully saturated rings. The van der Waals surface area contributed by atoms with Crippen LogP contribution in [0.4, 0.5) is 0 Å². The van der Waals surface area contributed by atoms with Crippen molar-refractivity contribution in [1.29, 1.82) is 0 Å². The van der Waals surface area contributed by atoms with Crippen molar-refractivity contribution in [3.8, 4) is 11.5 Å². The molecule has 268 valence electrons. The van der Waals surface area contributed by atoms with Crippen LogP contribution in [0.1, 0.15) is 165 Å². The van der Waals surface area contributed by atoms with Gasteiger partial charge in [-0.05, 0) is 60.4 Å². The van der Waals surface area contributed by atoms with E-state index in [0.29, 0.717) is 11.5 Å². The quantitative estimate of drug-likeness (QED) is 0.0723. The lowest BCUT2D eigenvalue weighted by molar-refractivity contribution is 0.304. The molecule has 49 heavy (non-hydrogen) atoms. The lowest BCUT2D eigenvalue weighted by Gasteiger charge is -2.07. The van der Waals surface area contributed by atoms with Gasteiger partial charge in [-0.1, -0.05) is 166 Å². The van der Waals surface area contributed by atoms with Crippen LogP contribution < -0.4 is 14.9 Å². The van der Waals surface area contributed by atoms with Gasteiger partial charge in [0.15, 0.2) is 5.43 Å². The summed E-state index contributed by atoms with van der Waals surface area (Å²) < 4.78 is 17.9. The topological polar surface area (TPSA) is 48.7 Å². The Morgan fingerprint density at radius 3 is 1.12 bits per heavy atom. The maximum Gasteiger partial charge on any atom is 0.186 e. The molecule has 4 heteroatoms. The van der Waals surface area contributed by atoms with Crippen molar-refractivity contribution in [2.75, 3.05) is 13.2 Å². The molecule has 0 N–H and O–H groups in total. The molecule has 0 amide bonds. The molecule has 3 rings (SSSR count). The molecule has 0 aliphatic heterocycles. The van der Waals surface area contributed by atoms with Crippen LogP contribution in [0, 0.1) is 0 Å². The first-order valence-corrected chi connectivity index (χ1v) is 19.6. The number of hydrogen-bond acceptors (Lipinski definition) is 4. The van der Waals surface area contributed by atoms with Crippen LogP contribution in [0.25, 0.3) is 24.3 Å². The highest BCUT2D eigenvalue weighted by Gasteiger charge is 2.01. The summed E-state index contributed by atoms with van der Waals surface area (Å²) in [6, 6.07) is 19.1. The number of unbranched alkanes of at least 4 members (excludes halogenated alkanes) is 18. The van der Waals surface area contributed by atoms with Gasteiger partial charge >= 0.3 is 0 Å². The van der Waals surface area contributed by atoms with E-state index in [1.807, 2.05) is 72.8 Å². The molecule has 0 unspecified atom stereocenters. The minimum atomic E-state index is -0.0861. The summed E-state index contributed by atoms with van der Waals surface area (Å²) in [4.78, 5) is 12.4. The first-order valence-electron chi connectivity index (χ1n) is 19.6. The van der Waals surface area contributed by atoms with Gasteiger partial charge in [0.25, 0.3) is 0 Å². The molecule has 4 nitrogen and oxygen atoms in total. The van der Waals surface area contributed by atoms with E-state index in [4.69, 9.17) is 13.9 Å². The molecule has 0 saturated carbocycles. The maximum absolute atomic E-state index is 12.4. The van der Waals surface area contributed by atoms with Crippen LogP contribution >= 0.6 is 0 Å². The molecule has 0 spiro atoms. The molecule has 0 aliphatic carbocycles. The predicted molar refractivity (Wildman–Crippen MR) is 210 cm³/mol. The fourth-order valence-electron chi connectivity index (χ4n) is 5.95. The van der Waals surface area contributed by atoms with Crippen molar-refractivity contribution in [2.24, 2.45) is 0 Å². The van der Waals surface area contributed by atoms with E-state index in [9.17, 15) is 4.79 Å². The molecule has 2 aromatic carbocycles. The lowest BCUT2D eigenvalue weighted by Crippen LogP contribution is -1.98. The predicted octanol–water partition coefficient (Wildman–Crippen LogP) is 13.6. The standard InChI is InChI=1S/C45H64O4/c1-3-5-7-9-11-13-15-17-19-21-35-47-42-29-23-39(24-30-42)27-33-44-37-41(46)38-45(49-44)34-28-40-25-31-43(32-26-40)48-36-22-20-18-16-14-12-10-8-6-4-2/h23-34,37-38H,3-22,35-36H2,1-2H3/b33-27+,34-28+. The maximum atomic E-state index is 12.4. The Labute approximate surface area is 298 Å². The van der Waals surface area contributed by atoms with Crippen LogP contribution in [0.2, 0.25) is 0 Å². The fourth-order valence-corrected chi connectivity index (χ4v) is 5.95. The van der Waals surface area contributed by atoms with Crippen LogP contribution in [0.15, 0.2) is 69.9 Å². The molecular weight excluding hydrogens is 604 g/mol. The highest BCUT2D eigenvalue weighted by Crippen LogP contribution is 2.18. The van der Waals surface area contributed by atoms with E-state index in [2.05, 4.69) is 13.8 Å². The van der Waals surface area contributed by atoms with E-state index in [-0.39, 0.29) is 5.43 Å². The third-order valence-corrected chi connectivity index (χ3v) is 8.98. The Hall–Kier alpha value is -3.53. The third-order valence-electron chi connectivity index (χ3n) is 8.98. The first kappa shape index (κ1) is 39.9. The second kappa shape index (κ2) is 26.4. The number of hydrogen-bond donors (Lipinski definition) is 0. The molecule has 0 bridgehead atoms. The molecule has 3 aromatic rings. The minimum Gasteiger partial charge on any atom is -0.494 e. The van der Waals surface area contributed by atoms with Crippen LogP contribution in [0.5, 0.6) is 11.5 Å². The zero-order valence-corrected chi connectivity index (χ0v) is 30.8. The van der Waals surface area contributed by atoms with Gasteiger partial charge in [0.05, 0.1) is 13.2 Å². The third kappa shape index (κ3) is 19.3. The summed E-state index contributed by atoms with van der Waals surface area (Å²) in [5, 5.41) is 0. The van der Waals surface area contributed by atoms with Gasteiger partial charge < -0.3 is 13.9 Å². The number of rotatable bonds is 28. The van der Waals surface area contributed by atoms with Gasteiger partial charge in [0, 0.05) is 12.1 Å². The highest BCUT2D eigenvalue weighted by atomic mass is 16.5. The van der Waals surface area contributed by atoms with E-state index in [1.165, 1.54) is 128 Å². The summed E-state index contributed by atoms with van der Waals surface area (Å²) in [5.41, 5.74) is 1.95. The van der Waals surface area contributed by atoms with Crippen molar-refractivity contribution in [2.45, 2.75) is 142 Å². The SMILES string of the molecule is CCCCCCCCCCCCOc1ccc(/C=C/c2cc(=O)cc(/C=C/c3ccc(OCCCCCCCCCCCC)cc3)o2)cc1. The highest BCUT2D eigenvalue weighted by molar-refractivity contribution is 5.70. The number of ether oxygens (including phenoxy) is 2. The average molecular weight is 669 g/mol. The number of benzene rings is 2. The van der Waals surface area contributed by atoms with Crippen LogP contribution in [-0.4, -0.2) is 13.2 Å². The Bertz CT molecular complexity index is 1250. The van der Waals surface area contributed by atoms with E-state index in [0.717, 1.165) is 48.7 Å². The Kier molecular flexibility index (Phi) is 21.5. The summed E-state index contributed by atoms with van der Waals surface area (Å²) in [5.74, 6) is 2.81. The van der Waals surface area contributed by atoms with E-state index < -0.39 is 0 Å². The van der Waals surface area contributed by atoms with Gasteiger partial charge in [-0.3, -0.25) is 4.79 Å². The summed E-state index contributed by atoms with van der Waals surface area (Å²) in [7, 11) is 0. The molecule has 1 heterocycles. The Morgan fingerprint density at radius 1 is 0.449 bits per heavy atom. The molecule has 0 aliphatic rings. The Morgan fingerprint density at radius 2 is 0.776 bits per heavy atom. The van der Waals surface area contributed by atoms with Gasteiger partial charge in [-0.2, -0.15) is 0 Å². The fraction of sp³-hybridized carbons (Fsp3) is 0.533. The zero-order valence-electron chi connectivity index (χ0n) is 30.8. The minimum absolute atomic E-state index is 0.0861. The second-order valence-corrected chi connectivity index (χ2v) is 13.5. The van der Waals surface area contributed by atoms with Gasteiger partial charge in [0.2, 0.25) is 0 Å². The summed E-state index contributed by atoms with van der Waals surface area (Å²) >= 11 is 0. The lowest BCUT2D eigenvalue weighted by atomic mass is 10.1. The van der Waals surface area contributed by atoms with Crippen molar-refractivity contribution >= 4 is 24.3 Å². The van der Waals surface area contributed by atoms with Gasteiger partial charge in [0.1, 0.15) is 23.0 Å². The Balaban J connectivity index is 1.33. The van der Waals surface area contributed by atoms with Crippen molar-refractivity contribution < 1.29 is 13.9 Å². The van der Waals surface area contributed by atoms with Crippen molar-refractivity contribution in [3.05, 3.63) is 93.5 Å². The molecule has 0 saturated heterocycles.